The Morgan fingerprint density at radius 3 is 2.13 bits per heavy atom. The van der Waals surface area contributed by atoms with Crippen molar-refractivity contribution >= 4 is 21.8 Å². The monoisotopic (exact) mass is 308 g/mol. The number of benzene rings is 2. The normalized spacial score (nSPS) is 11.2. The molecule has 0 aliphatic rings. The molecule has 0 atom stereocenters. The number of fused-ring (bicyclic) bond motifs is 2. The van der Waals surface area contributed by atoms with Crippen LogP contribution in [0.1, 0.15) is 19.8 Å². The summed E-state index contributed by atoms with van der Waals surface area (Å²) in [6, 6.07) is 17.1. The molecule has 0 bridgehead atoms. The van der Waals surface area contributed by atoms with Crippen LogP contribution in [0, 0.1) is 0 Å². The number of hydrogen-bond donors (Lipinski definition) is 0. The Hall–Kier alpha value is -2.13. The van der Waals surface area contributed by atoms with Crippen LogP contribution in [0.5, 0.6) is 0 Å². The van der Waals surface area contributed by atoms with Gasteiger partial charge in [-0.2, -0.15) is 0 Å². The molecule has 0 amide bonds. The second-order valence-electron chi connectivity index (χ2n) is 5.76. The summed E-state index contributed by atoms with van der Waals surface area (Å²) in [5, 5.41) is 3.56. The van der Waals surface area contributed by atoms with Crippen molar-refractivity contribution < 1.29 is 4.74 Å². The molecule has 2 aromatic carbocycles. The summed E-state index contributed by atoms with van der Waals surface area (Å²) in [7, 11) is 1.75. The van der Waals surface area contributed by atoms with Gasteiger partial charge in [0, 0.05) is 31.0 Å². The average Bonchev–Trinajstić information content (AvgIpc) is 2.60. The van der Waals surface area contributed by atoms with Crippen molar-refractivity contribution in [1.29, 1.82) is 0 Å². The van der Waals surface area contributed by atoms with Crippen molar-refractivity contribution in [2.75, 3.05) is 20.3 Å². The molecule has 1 aromatic heterocycles. The number of para-hydroxylation sites is 2. The largest absolute Gasteiger partial charge is 0.383 e. The lowest BCUT2D eigenvalue weighted by Gasteiger charge is -2.16. The number of hydrogen-bond acceptors (Lipinski definition) is 2. The van der Waals surface area contributed by atoms with Gasteiger partial charge >= 0.3 is 0 Å². The first-order chi connectivity index (χ1) is 11.4. The van der Waals surface area contributed by atoms with Gasteiger partial charge in [-0.3, -0.25) is 4.99 Å². The molecule has 120 valence electrons. The maximum atomic E-state index is 5.31. The van der Waals surface area contributed by atoms with Crippen LogP contribution >= 0.6 is 0 Å². The highest BCUT2D eigenvalue weighted by Gasteiger charge is 2.08. The molecular formula is C20H24N2O. The number of pyridine rings is 1. The van der Waals surface area contributed by atoms with Crippen LogP contribution in [0.3, 0.4) is 0 Å². The van der Waals surface area contributed by atoms with E-state index < -0.39 is 0 Å². The molecule has 0 saturated carbocycles. The number of methoxy groups -OCH3 is 1. The Morgan fingerprint density at radius 2 is 1.57 bits per heavy atom. The zero-order valence-corrected chi connectivity index (χ0v) is 14.0. The lowest BCUT2D eigenvalue weighted by Crippen LogP contribution is -2.15. The van der Waals surface area contributed by atoms with Crippen molar-refractivity contribution in [3.05, 3.63) is 53.9 Å². The zero-order valence-electron chi connectivity index (χ0n) is 14.0. The Labute approximate surface area is 137 Å². The molecule has 0 aliphatic heterocycles. The van der Waals surface area contributed by atoms with E-state index in [2.05, 4.69) is 60.0 Å². The standard InChI is InChI=1S/C20H24N2O/c1-3-4-13-21-20-16-9-5-7-11-18(16)22(14-15-23-2)19-12-8-6-10-17(19)20/h5-12H,3-4,13-15H2,1-2H3. The SMILES string of the molecule is CCCCN=c1c2ccccc2n(CCOC)c2ccccc12. The third-order valence-electron chi connectivity index (χ3n) is 4.20. The Morgan fingerprint density at radius 1 is 0.957 bits per heavy atom. The molecule has 0 N–H and O–H groups in total. The van der Waals surface area contributed by atoms with E-state index in [4.69, 9.17) is 9.73 Å². The highest BCUT2D eigenvalue weighted by molar-refractivity contribution is 5.93. The fraction of sp³-hybridized carbons (Fsp3) is 0.350. The Balaban J connectivity index is 2.34. The first-order valence-electron chi connectivity index (χ1n) is 8.36. The third-order valence-corrected chi connectivity index (χ3v) is 4.20. The molecule has 0 spiro atoms. The van der Waals surface area contributed by atoms with E-state index in [1.807, 2.05) is 0 Å². The van der Waals surface area contributed by atoms with Gasteiger partial charge in [0.05, 0.1) is 23.0 Å². The topological polar surface area (TPSA) is 26.5 Å². The first-order valence-corrected chi connectivity index (χ1v) is 8.36. The van der Waals surface area contributed by atoms with Gasteiger partial charge in [-0.05, 0) is 18.6 Å². The summed E-state index contributed by atoms with van der Waals surface area (Å²) in [5.74, 6) is 0. The zero-order chi connectivity index (χ0) is 16.1. The van der Waals surface area contributed by atoms with Crippen LogP contribution in [0.4, 0.5) is 0 Å². The van der Waals surface area contributed by atoms with Crippen LogP contribution in [0.25, 0.3) is 21.8 Å². The lowest BCUT2D eigenvalue weighted by molar-refractivity contribution is 0.189. The van der Waals surface area contributed by atoms with Crippen LogP contribution in [-0.4, -0.2) is 24.8 Å². The summed E-state index contributed by atoms with van der Waals surface area (Å²) >= 11 is 0. The summed E-state index contributed by atoms with van der Waals surface area (Å²) in [5.41, 5.74) is 2.44. The van der Waals surface area contributed by atoms with Crippen LogP contribution in [0.15, 0.2) is 53.5 Å². The fourth-order valence-electron chi connectivity index (χ4n) is 3.04. The van der Waals surface area contributed by atoms with E-state index in [1.165, 1.54) is 28.2 Å². The fourth-order valence-corrected chi connectivity index (χ4v) is 3.04. The van der Waals surface area contributed by atoms with Gasteiger partial charge in [0.25, 0.3) is 0 Å². The van der Waals surface area contributed by atoms with E-state index >= 15 is 0 Å². The maximum absolute atomic E-state index is 5.31. The predicted octanol–water partition coefficient (Wildman–Crippen LogP) is 4.14. The van der Waals surface area contributed by atoms with Crippen LogP contribution in [-0.2, 0) is 11.3 Å². The van der Waals surface area contributed by atoms with E-state index in [0.717, 1.165) is 24.9 Å². The maximum Gasteiger partial charge on any atom is 0.0760 e. The molecule has 0 radical (unpaired) electrons. The highest BCUT2D eigenvalue weighted by Crippen LogP contribution is 2.19. The molecule has 3 rings (SSSR count). The number of ether oxygens (including phenoxy) is 1. The minimum absolute atomic E-state index is 0.699. The number of rotatable bonds is 6. The first kappa shape index (κ1) is 15.8. The predicted molar refractivity (Wildman–Crippen MR) is 96.7 cm³/mol. The highest BCUT2D eigenvalue weighted by atomic mass is 16.5. The molecule has 0 unspecified atom stereocenters. The molecule has 0 fully saturated rings. The molecule has 3 nitrogen and oxygen atoms in total. The van der Waals surface area contributed by atoms with E-state index in [1.54, 1.807) is 7.11 Å². The minimum atomic E-state index is 0.699. The van der Waals surface area contributed by atoms with Gasteiger partial charge in [0.2, 0.25) is 0 Å². The summed E-state index contributed by atoms with van der Waals surface area (Å²) in [4.78, 5) is 4.93. The van der Waals surface area contributed by atoms with Gasteiger partial charge < -0.3 is 9.30 Å². The molecule has 0 aliphatic carbocycles. The van der Waals surface area contributed by atoms with Crippen molar-refractivity contribution in [2.45, 2.75) is 26.3 Å². The molecule has 23 heavy (non-hydrogen) atoms. The third kappa shape index (κ3) is 3.15. The number of unbranched alkanes of at least 4 members (excludes halogenated alkanes) is 1. The quantitative estimate of drug-likeness (QED) is 0.496. The Bertz CT molecular complexity index is 804. The number of aromatic nitrogens is 1. The van der Waals surface area contributed by atoms with E-state index in [0.29, 0.717) is 6.61 Å². The minimum Gasteiger partial charge on any atom is -0.383 e. The van der Waals surface area contributed by atoms with E-state index in [-0.39, 0.29) is 0 Å². The smallest absolute Gasteiger partial charge is 0.0760 e. The second-order valence-corrected chi connectivity index (χ2v) is 5.76. The Kier molecular flexibility index (Phi) is 5.09. The van der Waals surface area contributed by atoms with Gasteiger partial charge in [-0.25, -0.2) is 0 Å². The van der Waals surface area contributed by atoms with Crippen molar-refractivity contribution in [2.24, 2.45) is 4.99 Å². The summed E-state index contributed by atoms with van der Waals surface area (Å²) < 4.78 is 7.65. The molecule has 3 heteroatoms. The average molecular weight is 308 g/mol. The van der Waals surface area contributed by atoms with Gasteiger partial charge in [-0.1, -0.05) is 49.7 Å². The lowest BCUT2D eigenvalue weighted by atomic mass is 10.1. The van der Waals surface area contributed by atoms with Gasteiger partial charge in [-0.15, -0.1) is 0 Å². The molecule has 1 heterocycles. The van der Waals surface area contributed by atoms with Crippen molar-refractivity contribution in [1.82, 2.24) is 4.57 Å². The summed E-state index contributed by atoms with van der Waals surface area (Å²) in [6.45, 7) is 4.62. The number of nitrogens with zero attached hydrogens (tertiary/aromatic N) is 2. The summed E-state index contributed by atoms with van der Waals surface area (Å²) in [6.07, 6.45) is 2.29. The second kappa shape index (κ2) is 7.42. The van der Waals surface area contributed by atoms with Gasteiger partial charge in [0.1, 0.15) is 0 Å². The van der Waals surface area contributed by atoms with Crippen LogP contribution in [0.2, 0.25) is 0 Å². The van der Waals surface area contributed by atoms with Crippen LogP contribution < -0.4 is 5.36 Å². The van der Waals surface area contributed by atoms with Gasteiger partial charge in [0.15, 0.2) is 0 Å². The van der Waals surface area contributed by atoms with Crippen molar-refractivity contribution in [3.63, 3.8) is 0 Å². The molecule has 0 saturated heterocycles. The molecule has 3 aromatic rings. The van der Waals surface area contributed by atoms with E-state index in [9.17, 15) is 0 Å². The van der Waals surface area contributed by atoms with Crippen molar-refractivity contribution in [3.8, 4) is 0 Å². The molecular weight excluding hydrogens is 284 g/mol.